The molecule has 4 heteroatoms. The van der Waals surface area contributed by atoms with Crippen molar-refractivity contribution >= 4 is 11.8 Å². The van der Waals surface area contributed by atoms with E-state index in [4.69, 9.17) is 0 Å². The topological polar surface area (TPSA) is 40.6 Å². The highest BCUT2D eigenvalue weighted by Gasteiger charge is 2.36. The van der Waals surface area contributed by atoms with E-state index in [1.54, 1.807) is 0 Å². The zero-order valence-electron chi connectivity index (χ0n) is 12.9. The van der Waals surface area contributed by atoms with Gasteiger partial charge in [-0.3, -0.25) is 9.59 Å². The Hall–Kier alpha value is -1.06. The Labute approximate surface area is 122 Å². The van der Waals surface area contributed by atoms with Crippen LogP contribution in [0.4, 0.5) is 0 Å². The van der Waals surface area contributed by atoms with Gasteiger partial charge in [0.15, 0.2) is 0 Å². The molecule has 0 aromatic heterocycles. The molecule has 0 aromatic rings. The standard InChI is InChI=1S/C16H28N2O2/c1-3-9-17(10-4-2)16(20)14-7-11-18(12-8-14)15(19)13-5-6-13/h13-14H,3-12H2,1-2H3. The van der Waals surface area contributed by atoms with Crippen molar-refractivity contribution in [1.82, 2.24) is 9.80 Å². The Kier molecular flexibility index (Phi) is 5.44. The molecule has 2 aliphatic rings. The first kappa shape index (κ1) is 15.3. The van der Waals surface area contributed by atoms with Crippen LogP contribution in [0.3, 0.4) is 0 Å². The predicted octanol–water partition coefficient (Wildman–Crippen LogP) is 2.28. The quantitative estimate of drug-likeness (QED) is 0.749. The van der Waals surface area contributed by atoms with Crippen molar-refractivity contribution in [3.05, 3.63) is 0 Å². The zero-order chi connectivity index (χ0) is 14.5. The lowest BCUT2D eigenvalue weighted by Crippen LogP contribution is -2.45. The molecule has 2 amide bonds. The van der Waals surface area contributed by atoms with Gasteiger partial charge in [0.2, 0.25) is 11.8 Å². The molecule has 2 rings (SSSR count). The van der Waals surface area contributed by atoms with E-state index in [2.05, 4.69) is 13.8 Å². The molecule has 0 N–H and O–H groups in total. The van der Waals surface area contributed by atoms with Crippen LogP contribution in [0.2, 0.25) is 0 Å². The van der Waals surface area contributed by atoms with Gasteiger partial charge in [0.25, 0.3) is 0 Å². The van der Waals surface area contributed by atoms with E-state index in [1.807, 2.05) is 9.80 Å². The second-order valence-electron chi connectivity index (χ2n) is 6.20. The highest BCUT2D eigenvalue weighted by atomic mass is 16.2. The van der Waals surface area contributed by atoms with E-state index >= 15 is 0 Å². The lowest BCUT2D eigenvalue weighted by Gasteiger charge is -2.34. The number of hydrogen-bond donors (Lipinski definition) is 0. The Morgan fingerprint density at radius 3 is 1.95 bits per heavy atom. The summed E-state index contributed by atoms with van der Waals surface area (Å²) in [6, 6.07) is 0. The van der Waals surface area contributed by atoms with Crippen LogP contribution in [0.1, 0.15) is 52.4 Å². The van der Waals surface area contributed by atoms with Crippen LogP contribution in [0.5, 0.6) is 0 Å². The zero-order valence-corrected chi connectivity index (χ0v) is 12.9. The first-order valence-electron chi connectivity index (χ1n) is 8.24. The molecular formula is C16H28N2O2. The maximum absolute atomic E-state index is 12.5. The number of amides is 2. The molecule has 2 fully saturated rings. The minimum absolute atomic E-state index is 0.136. The second-order valence-corrected chi connectivity index (χ2v) is 6.20. The van der Waals surface area contributed by atoms with Crippen molar-refractivity contribution in [1.29, 1.82) is 0 Å². The maximum Gasteiger partial charge on any atom is 0.225 e. The van der Waals surface area contributed by atoms with Crippen LogP contribution < -0.4 is 0 Å². The molecular weight excluding hydrogens is 252 g/mol. The summed E-state index contributed by atoms with van der Waals surface area (Å²) in [7, 11) is 0. The molecule has 1 saturated heterocycles. The summed E-state index contributed by atoms with van der Waals surface area (Å²) in [4.78, 5) is 28.5. The lowest BCUT2D eigenvalue weighted by molar-refractivity contribution is -0.141. The number of nitrogens with zero attached hydrogens (tertiary/aromatic N) is 2. The summed E-state index contributed by atoms with van der Waals surface area (Å²) in [5, 5.41) is 0. The van der Waals surface area contributed by atoms with Crippen molar-refractivity contribution in [3.8, 4) is 0 Å². The van der Waals surface area contributed by atoms with Gasteiger partial charge in [0, 0.05) is 38.0 Å². The van der Waals surface area contributed by atoms with Gasteiger partial charge in [-0.1, -0.05) is 13.8 Å². The van der Waals surface area contributed by atoms with E-state index in [0.717, 1.165) is 64.7 Å². The van der Waals surface area contributed by atoms with Gasteiger partial charge in [-0.25, -0.2) is 0 Å². The number of carbonyl (C=O) groups is 2. The van der Waals surface area contributed by atoms with Crippen molar-refractivity contribution in [3.63, 3.8) is 0 Å². The summed E-state index contributed by atoms with van der Waals surface area (Å²) < 4.78 is 0. The lowest BCUT2D eigenvalue weighted by atomic mass is 9.94. The van der Waals surface area contributed by atoms with Gasteiger partial charge in [0.1, 0.15) is 0 Å². The summed E-state index contributed by atoms with van der Waals surface area (Å²) in [5.41, 5.74) is 0. The van der Waals surface area contributed by atoms with E-state index < -0.39 is 0 Å². The average molecular weight is 280 g/mol. The highest BCUT2D eigenvalue weighted by Crippen LogP contribution is 2.32. The minimum atomic E-state index is 0.136. The fraction of sp³-hybridized carbons (Fsp3) is 0.875. The number of likely N-dealkylation sites (tertiary alicyclic amines) is 1. The molecule has 1 aliphatic heterocycles. The van der Waals surface area contributed by atoms with E-state index in [9.17, 15) is 9.59 Å². The highest BCUT2D eigenvalue weighted by molar-refractivity contribution is 5.82. The SMILES string of the molecule is CCCN(CCC)C(=O)C1CCN(C(=O)C2CC2)CC1. The van der Waals surface area contributed by atoms with Crippen LogP contribution in [0.15, 0.2) is 0 Å². The number of rotatable bonds is 6. The van der Waals surface area contributed by atoms with Gasteiger partial charge < -0.3 is 9.80 Å². The van der Waals surface area contributed by atoms with E-state index in [1.165, 1.54) is 0 Å². The molecule has 1 heterocycles. The largest absolute Gasteiger partial charge is 0.342 e. The Balaban J connectivity index is 1.82. The summed E-state index contributed by atoms with van der Waals surface area (Å²) >= 11 is 0. The van der Waals surface area contributed by atoms with Crippen LogP contribution >= 0.6 is 0 Å². The second kappa shape index (κ2) is 7.09. The van der Waals surface area contributed by atoms with Gasteiger partial charge in [-0.2, -0.15) is 0 Å². The fourth-order valence-corrected chi connectivity index (χ4v) is 3.07. The first-order valence-corrected chi connectivity index (χ1v) is 8.24. The number of carbonyl (C=O) groups excluding carboxylic acids is 2. The van der Waals surface area contributed by atoms with Gasteiger partial charge in [-0.05, 0) is 38.5 Å². The summed E-state index contributed by atoms with van der Waals surface area (Å²) in [6.45, 7) is 7.52. The molecule has 0 atom stereocenters. The summed E-state index contributed by atoms with van der Waals surface area (Å²) in [5.74, 6) is 1.08. The molecule has 20 heavy (non-hydrogen) atoms. The Morgan fingerprint density at radius 1 is 0.950 bits per heavy atom. The smallest absolute Gasteiger partial charge is 0.225 e. The molecule has 4 nitrogen and oxygen atoms in total. The van der Waals surface area contributed by atoms with Crippen molar-refractivity contribution in [2.24, 2.45) is 11.8 Å². The van der Waals surface area contributed by atoms with Crippen LogP contribution in [-0.4, -0.2) is 47.8 Å². The van der Waals surface area contributed by atoms with Crippen LogP contribution in [0.25, 0.3) is 0 Å². The molecule has 0 unspecified atom stereocenters. The maximum atomic E-state index is 12.5. The fourth-order valence-electron chi connectivity index (χ4n) is 3.07. The van der Waals surface area contributed by atoms with Crippen molar-refractivity contribution < 1.29 is 9.59 Å². The predicted molar refractivity (Wildman–Crippen MR) is 79.2 cm³/mol. The van der Waals surface area contributed by atoms with Crippen molar-refractivity contribution in [2.75, 3.05) is 26.2 Å². The molecule has 0 radical (unpaired) electrons. The molecule has 0 bridgehead atoms. The van der Waals surface area contributed by atoms with Gasteiger partial charge in [0.05, 0.1) is 0 Å². The van der Waals surface area contributed by atoms with E-state index in [-0.39, 0.29) is 5.92 Å². The molecule has 0 spiro atoms. The average Bonchev–Trinajstić information content (AvgIpc) is 3.30. The van der Waals surface area contributed by atoms with Crippen LogP contribution in [-0.2, 0) is 9.59 Å². The normalized spacial score (nSPS) is 20.0. The summed E-state index contributed by atoms with van der Waals surface area (Å²) in [6.07, 6.45) is 5.87. The van der Waals surface area contributed by atoms with Gasteiger partial charge in [-0.15, -0.1) is 0 Å². The molecule has 1 saturated carbocycles. The third-order valence-corrected chi connectivity index (χ3v) is 4.38. The molecule has 1 aliphatic carbocycles. The minimum Gasteiger partial charge on any atom is -0.342 e. The van der Waals surface area contributed by atoms with Crippen LogP contribution in [0, 0.1) is 11.8 Å². The third kappa shape index (κ3) is 3.74. The Morgan fingerprint density at radius 2 is 1.50 bits per heavy atom. The van der Waals surface area contributed by atoms with Gasteiger partial charge >= 0.3 is 0 Å². The van der Waals surface area contributed by atoms with Crippen molar-refractivity contribution in [2.45, 2.75) is 52.4 Å². The monoisotopic (exact) mass is 280 g/mol. The molecule has 114 valence electrons. The number of hydrogen-bond acceptors (Lipinski definition) is 2. The van der Waals surface area contributed by atoms with E-state index in [0.29, 0.717) is 17.7 Å². The third-order valence-electron chi connectivity index (χ3n) is 4.38. The Bertz CT molecular complexity index is 338. The number of piperidine rings is 1. The molecule has 0 aromatic carbocycles. The first-order chi connectivity index (χ1) is 9.67.